The summed E-state index contributed by atoms with van der Waals surface area (Å²) in [5, 5.41) is 2.71. The Labute approximate surface area is 134 Å². The van der Waals surface area contributed by atoms with E-state index in [1.165, 1.54) is 12.1 Å². The van der Waals surface area contributed by atoms with Gasteiger partial charge in [0.1, 0.15) is 5.75 Å². The van der Waals surface area contributed by atoms with Crippen LogP contribution in [0.1, 0.15) is 18.5 Å². The predicted molar refractivity (Wildman–Crippen MR) is 85.7 cm³/mol. The van der Waals surface area contributed by atoms with Crippen molar-refractivity contribution in [3.63, 3.8) is 0 Å². The molecule has 2 N–H and O–H groups in total. The highest BCUT2D eigenvalue weighted by molar-refractivity contribution is 7.89. The summed E-state index contributed by atoms with van der Waals surface area (Å²) < 4.78 is 32.6. The number of nitrogens with one attached hydrogen (secondary N) is 2. The molecule has 0 fully saturated rings. The van der Waals surface area contributed by atoms with Crippen molar-refractivity contribution in [3.8, 4) is 5.75 Å². The second-order valence-electron chi connectivity index (χ2n) is 5.25. The van der Waals surface area contributed by atoms with E-state index in [0.29, 0.717) is 11.4 Å². The van der Waals surface area contributed by atoms with Crippen molar-refractivity contribution in [3.05, 3.63) is 54.1 Å². The Bertz CT molecular complexity index is 834. The molecule has 1 unspecified atom stereocenters. The zero-order valence-electron chi connectivity index (χ0n) is 12.4. The van der Waals surface area contributed by atoms with Gasteiger partial charge in [-0.15, -0.1) is 0 Å². The molecule has 1 aliphatic rings. The van der Waals surface area contributed by atoms with Crippen molar-refractivity contribution in [1.82, 2.24) is 4.72 Å². The number of rotatable bonds is 4. The number of carbonyl (C=O) groups is 1. The Morgan fingerprint density at radius 1 is 1.17 bits per heavy atom. The maximum absolute atomic E-state index is 12.4. The van der Waals surface area contributed by atoms with Crippen molar-refractivity contribution in [2.24, 2.45) is 0 Å². The first-order chi connectivity index (χ1) is 11.0. The molecular formula is C16H16N2O4S. The first-order valence-corrected chi connectivity index (χ1v) is 8.58. The molecule has 1 aliphatic heterocycles. The smallest absolute Gasteiger partial charge is 0.262 e. The van der Waals surface area contributed by atoms with Crippen molar-refractivity contribution in [1.29, 1.82) is 0 Å². The molecule has 2 aromatic rings. The maximum Gasteiger partial charge on any atom is 0.262 e. The Kier molecular flexibility index (Phi) is 4.06. The SMILES string of the molecule is CC(NS(=O)(=O)c1ccccc1)c1ccc2c(c1)NC(=O)CO2. The average Bonchev–Trinajstić information content (AvgIpc) is 2.54. The van der Waals surface area contributed by atoms with E-state index in [9.17, 15) is 13.2 Å². The molecule has 2 aromatic carbocycles. The fourth-order valence-corrected chi connectivity index (χ4v) is 3.59. The summed E-state index contributed by atoms with van der Waals surface area (Å²) in [5.74, 6) is 0.346. The number of sulfonamides is 1. The minimum Gasteiger partial charge on any atom is -0.482 e. The van der Waals surface area contributed by atoms with Crippen LogP contribution in [0.5, 0.6) is 5.75 Å². The molecule has 0 radical (unpaired) electrons. The van der Waals surface area contributed by atoms with E-state index in [1.54, 1.807) is 43.3 Å². The van der Waals surface area contributed by atoms with Crippen LogP contribution in [-0.2, 0) is 14.8 Å². The van der Waals surface area contributed by atoms with Crippen LogP contribution in [0.15, 0.2) is 53.4 Å². The van der Waals surface area contributed by atoms with Crippen LogP contribution in [0.2, 0.25) is 0 Å². The second kappa shape index (κ2) is 6.02. The molecule has 1 heterocycles. The van der Waals surface area contributed by atoms with Gasteiger partial charge in [0, 0.05) is 6.04 Å². The molecule has 0 saturated carbocycles. The van der Waals surface area contributed by atoms with E-state index in [0.717, 1.165) is 5.56 Å². The Hall–Kier alpha value is -2.38. The second-order valence-corrected chi connectivity index (χ2v) is 6.96. The van der Waals surface area contributed by atoms with E-state index in [-0.39, 0.29) is 17.4 Å². The van der Waals surface area contributed by atoms with Gasteiger partial charge in [0.05, 0.1) is 10.6 Å². The first-order valence-electron chi connectivity index (χ1n) is 7.10. The zero-order chi connectivity index (χ0) is 16.4. The molecule has 0 saturated heterocycles. The number of benzene rings is 2. The summed E-state index contributed by atoms with van der Waals surface area (Å²) in [6.07, 6.45) is 0. The fraction of sp³-hybridized carbons (Fsp3) is 0.188. The van der Waals surface area contributed by atoms with Gasteiger partial charge in [-0.25, -0.2) is 13.1 Å². The van der Waals surface area contributed by atoms with E-state index >= 15 is 0 Å². The van der Waals surface area contributed by atoms with Gasteiger partial charge in [0.25, 0.3) is 5.91 Å². The fourth-order valence-electron chi connectivity index (χ4n) is 2.34. The number of hydrogen-bond donors (Lipinski definition) is 2. The molecule has 1 atom stereocenters. The van der Waals surface area contributed by atoms with E-state index in [4.69, 9.17) is 4.74 Å². The molecule has 0 bridgehead atoms. The molecular weight excluding hydrogens is 316 g/mol. The van der Waals surface area contributed by atoms with Crippen LogP contribution in [0, 0.1) is 0 Å². The Morgan fingerprint density at radius 3 is 2.65 bits per heavy atom. The topological polar surface area (TPSA) is 84.5 Å². The number of ether oxygens (including phenoxy) is 1. The lowest BCUT2D eigenvalue weighted by atomic mass is 10.1. The normalized spacial score (nSPS) is 15.3. The Balaban J connectivity index is 1.82. The van der Waals surface area contributed by atoms with Crippen molar-refractivity contribution >= 4 is 21.6 Å². The van der Waals surface area contributed by atoms with Crippen molar-refractivity contribution < 1.29 is 17.9 Å². The number of fused-ring (bicyclic) bond motifs is 1. The Morgan fingerprint density at radius 2 is 1.91 bits per heavy atom. The van der Waals surface area contributed by atoms with Gasteiger partial charge in [-0.05, 0) is 36.8 Å². The van der Waals surface area contributed by atoms with E-state index < -0.39 is 16.1 Å². The maximum atomic E-state index is 12.4. The van der Waals surface area contributed by atoms with E-state index in [1.807, 2.05) is 0 Å². The van der Waals surface area contributed by atoms with Gasteiger partial charge < -0.3 is 10.1 Å². The molecule has 7 heteroatoms. The van der Waals surface area contributed by atoms with Gasteiger partial charge in [-0.3, -0.25) is 4.79 Å². The largest absolute Gasteiger partial charge is 0.482 e. The lowest BCUT2D eigenvalue weighted by molar-refractivity contribution is -0.118. The molecule has 0 spiro atoms. The minimum absolute atomic E-state index is 0.0114. The van der Waals surface area contributed by atoms with Crippen LogP contribution in [0.4, 0.5) is 5.69 Å². The number of anilines is 1. The third-order valence-electron chi connectivity index (χ3n) is 3.52. The number of carbonyl (C=O) groups excluding carboxylic acids is 1. The average molecular weight is 332 g/mol. The highest BCUT2D eigenvalue weighted by Gasteiger charge is 2.21. The van der Waals surface area contributed by atoms with Crippen LogP contribution >= 0.6 is 0 Å². The molecule has 3 rings (SSSR count). The molecule has 0 aliphatic carbocycles. The lowest BCUT2D eigenvalue weighted by Crippen LogP contribution is -2.28. The minimum atomic E-state index is -3.61. The number of amides is 1. The quantitative estimate of drug-likeness (QED) is 0.897. The zero-order valence-corrected chi connectivity index (χ0v) is 13.3. The third kappa shape index (κ3) is 3.35. The van der Waals surface area contributed by atoms with Crippen LogP contribution in [-0.4, -0.2) is 20.9 Å². The summed E-state index contributed by atoms with van der Waals surface area (Å²) in [4.78, 5) is 11.6. The summed E-state index contributed by atoms with van der Waals surface area (Å²) in [6.45, 7) is 1.73. The van der Waals surface area contributed by atoms with E-state index in [2.05, 4.69) is 10.0 Å². The van der Waals surface area contributed by atoms with Gasteiger partial charge in [0.15, 0.2) is 6.61 Å². The summed E-state index contributed by atoms with van der Waals surface area (Å²) >= 11 is 0. The summed E-state index contributed by atoms with van der Waals surface area (Å²) in [7, 11) is -3.61. The lowest BCUT2D eigenvalue weighted by Gasteiger charge is -2.21. The third-order valence-corrected chi connectivity index (χ3v) is 5.08. The summed E-state index contributed by atoms with van der Waals surface area (Å²) in [6, 6.07) is 12.9. The highest BCUT2D eigenvalue weighted by atomic mass is 32.2. The summed E-state index contributed by atoms with van der Waals surface area (Å²) in [5.41, 5.74) is 1.28. The standard InChI is InChI=1S/C16H16N2O4S/c1-11(18-23(20,21)13-5-3-2-4-6-13)12-7-8-15-14(9-12)17-16(19)10-22-15/h2-9,11,18H,10H2,1H3,(H,17,19). The number of hydrogen-bond acceptors (Lipinski definition) is 4. The van der Waals surface area contributed by atoms with Crippen LogP contribution in [0.3, 0.4) is 0 Å². The molecule has 0 aromatic heterocycles. The van der Waals surface area contributed by atoms with Gasteiger partial charge >= 0.3 is 0 Å². The van der Waals surface area contributed by atoms with Crippen molar-refractivity contribution in [2.45, 2.75) is 17.9 Å². The van der Waals surface area contributed by atoms with Gasteiger partial charge in [0.2, 0.25) is 10.0 Å². The molecule has 120 valence electrons. The van der Waals surface area contributed by atoms with Gasteiger partial charge in [-0.2, -0.15) is 0 Å². The van der Waals surface area contributed by atoms with Crippen molar-refractivity contribution in [2.75, 3.05) is 11.9 Å². The molecule has 6 nitrogen and oxygen atoms in total. The van der Waals surface area contributed by atoms with Crippen LogP contribution in [0.25, 0.3) is 0 Å². The monoisotopic (exact) mass is 332 g/mol. The molecule has 23 heavy (non-hydrogen) atoms. The predicted octanol–water partition coefficient (Wildman–Crippen LogP) is 2.06. The highest BCUT2D eigenvalue weighted by Crippen LogP contribution is 2.30. The molecule has 1 amide bonds. The van der Waals surface area contributed by atoms with Gasteiger partial charge in [-0.1, -0.05) is 24.3 Å². The van der Waals surface area contributed by atoms with Crippen LogP contribution < -0.4 is 14.8 Å². The first kappa shape index (κ1) is 15.5.